The highest BCUT2D eigenvalue weighted by molar-refractivity contribution is 4.94. The molecule has 0 N–H and O–H groups in total. The average molecular weight is 182 g/mol. The average Bonchev–Trinajstić information content (AvgIpc) is 2.49. The smallest absolute Gasteiger partial charge is 0.124 e. The second-order valence-electron chi connectivity index (χ2n) is 3.23. The van der Waals surface area contributed by atoms with Crippen molar-refractivity contribution in [3.8, 4) is 0 Å². The number of hydrogen-bond acceptors (Lipinski definition) is 4. The molecule has 0 aliphatic carbocycles. The van der Waals surface area contributed by atoms with Gasteiger partial charge < -0.3 is 9.26 Å². The zero-order valence-corrected chi connectivity index (χ0v) is 7.61. The van der Waals surface area contributed by atoms with E-state index >= 15 is 0 Å². The highest BCUT2D eigenvalue weighted by Crippen LogP contribution is 2.05. The third kappa shape index (κ3) is 2.54. The van der Waals surface area contributed by atoms with Crippen molar-refractivity contribution in [2.75, 3.05) is 26.3 Å². The molecule has 0 atom stereocenters. The monoisotopic (exact) mass is 182 g/mol. The maximum atomic E-state index is 5.36. The van der Waals surface area contributed by atoms with Crippen LogP contribution < -0.4 is 0 Å². The molecular formula is C9H14N2O2. The van der Waals surface area contributed by atoms with Crippen molar-refractivity contribution in [3.63, 3.8) is 0 Å². The lowest BCUT2D eigenvalue weighted by Crippen LogP contribution is -2.25. The molecule has 0 spiro atoms. The molecule has 1 saturated heterocycles. The molecule has 0 aromatic carbocycles. The largest absolute Gasteiger partial charge is 0.380 e. The molecule has 4 nitrogen and oxygen atoms in total. The first-order chi connectivity index (χ1) is 6.45. The highest BCUT2D eigenvalue weighted by atomic mass is 16.5. The summed E-state index contributed by atoms with van der Waals surface area (Å²) in [6.45, 7) is 4.67. The van der Waals surface area contributed by atoms with Gasteiger partial charge in [0.25, 0.3) is 0 Å². The summed E-state index contributed by atoms with van der Waals surface area (Å²) in [5.74, 6) is 0. The molecule has 1 aliphatic rings. The lowest BCUT2D eigenvalue weighted by atomic mass is 10.3. The first-order valence-electron chi connectivity index (χ1n) is 4.64. The van der Waals surface area contributed by atoms with Gasteiger partial charge in [-0.25, -0.2) is 0 Å². The fourth-order valence-electron chi connectivity index (χ4n) is 1.50. The van der Waals surface area contributed by atoms with Crippen molar-refractivity contribution in [2.24, 2.45) is 0 Å². The molecule has 13 heavy (non-hydrogen) atoms. The summed E-state index contributed by atoms with van der Waals surface area (Å²) in [7, 11) is 0. The van der Waals surface area contributed by atoms with Crippen molar-refractivity contribution >= 4 is 0 Å². The van der Waals surface area contributed by atoms with Gasteiger partial charge in [0.05, 0.1) is 12.3 Å². The van der Waals surface area contributed by atoms with Gasteiger partial charge in [-0.2, -0.15) is 0 Å². The van der Waals surface area contributed by atoms with Gasteiger partial charge in [-0.1, -0.05) is 5.16 Å². The van der Waals surface area contributed by atoms with E-state index in [4.69, 9.17) is 9.26 Å². The van der Waals surface area contributed by atoms with Crippen molar-refractivity contribution in [2.45, 2.75) is 13.0 Å². The van der Waals surface area contributed by atoms with E-state index < -0.39 is 0 Å². The van der Waals surface area contributed by atoms with E-state index in [1.165, 1.54) is 0 Å². The minimum absolute atomic E-state index is 0.831. The van der Waals surface area contributed by atoms with Crippen molar-refractivity contribution in [1.29, 1.82) is 0 Å². The summed E-state index contributed by atoms with van der Waals surface area (Å²) in [6.07, 6.45) is 2.72. The molecule has 0 unspecified atom stereocenters. The lowest BCUT2D eigenvalue weighted by Gasteiger charge is -2.16. The Hall–Kier alpha value is -0.870. The topological polar surface area (TPSA) is 38.5 Å². The molecule has 4 heteroatoms. The lowest BCUT2D eigenvalue weighted by molar-refractivity contribution is 0.140. The molecule has 0 amide bonds. The second kappa shape index (κ2) is 4.39. The number of rotatable bonds is 2. The molecular weight excluding hydrogens is 168 g/mol. The molecule has 2 rings (SSSR count). The van der Waals surface area contributed by atoms with Gasteiger partial charge >= 0.3 is 0 Å². The quantitative estimate of drug-likeness (QED) is 0.681. The number of aromatic nitrogens is 1. The van der Waals surface area contributed by atoms with Crippen molar-refractivity contribution in [1.82, 2.24) is 10.1 Å². The molecule has 72 valence electrons. The third-order valence-corrected chi connectivity index (χ3v) is 2.19. The fourth-order valence-corrected chi connectivity index (χ4v) is 1.50. The van der Waals surface area contributed by atoms with Gasteiger partial charge in [0.15, 0.2) is 0 Å². The fraction of sp³-hybridized carbons (Fsp3) is 0.667. The Kier molecular flexibility index (Phi) is 2.94. The van der Waals surface area contributed by atoms with E-state index in [0.717, 1.165) is 45.0 Å². The van der Waals surface area contributed by atoms with E-state index in [1.54, 1.807) is 6.26 Å². The van der Waals surface area contributed by atoms with E-state index in [-0.39, 0.29) is 0 Å². The summed E-state index contributed by atoms with van der Waals surface area (Å²) in [4.78, 5) is 2.34. The summed E-state index contributed by atoms with van der Waals surface area (Å²) in [5.41, 5.74) is 1.00. The van der Waals surface area contributed by atoms with Crippen molar-refractivity contribution < 1.29 is 9.26 Å². The maximum absolute atomic E-state index is 5.36. The van der Waals surface area contributed by atoms with Crippen LogP contribution in [0.2, 0.25) is 0 Å². The zero-order chi connectivity index (χ0) is 8.93. The molecule has 2 heterocycles. The van der Waals surface area contributed by atoms with Crippen LogP contribution >= 0.6 is 0 Å². The predicted octanol–water partition coefficient (Wildman–Crippen LogP) is 0.897. The van der Waals surface area contributed by atoms with Crippen molar-refractivity contribution in [3.05, 3.63) is 18.0 Å². The van der Waals surface area contributed by atoms with Crippen LogP contribution in [0.25, 0.3) is 0 Å². The first kappa shape index (κ1) is 8.72. The summed E-state index contributed by atoms with van der Waals surface area (Å²) < 4.78 is 10.1. The Balaban J connectivity index is 1.86. The molecule has 1 aromatic rings. The summed E-state index contributed by atoms with van der Waals surface area (Å²) in [6, 6.07) is 1.91. The zero-order valence-electron chi connectivity index (χ0n) is 7.61. The van der Waals surface area contributed by atoms with Gasteiger partial charge in [0.2, 0.25) is 0 Å². The Bertz CT molecular complexity index is 228. The van der Waals surface area contributed by atoms with Gasteiger partial charge in [0.1, 0.15) is 6.26 Å². The third-order valence-electron chi connectivity index (χ3n) is 2.19. The van der Waals surface area contributed by atoms with Crippen LogP contribution in [0.1, 0.15) is 12.1 Å². The normalized spacial score (nSPS) is 20.0. The van der Waals surface area contributed by atoms with Crippen LogP contribution in [0.3, 0.4) is 0 Å². The van der Waals surface area contributed by atoms with E-state index in [0.29, 0.717) is 0 Å². The number of hydrogen-bond donors (Lipinski definition) is 0. The molecule has 1 aromatic heterocycles. The van der Waals surface area contributed by atoms with Crippen LogP contribution in [-0.2, 0) is 11.3 Å². The van der Waals surface area contributed by atoms with Crippen LogP contribution in [0.5, 0.6) is 0 Å². The highest BCUT2D eigenvalue weighted by Gasteiger charge is 2.10. The van der Waals surface area contributed by atoms with E-state index in [9.17, 15) is 0 Å². The molecule has 0 radical (unpaired) electrons. The van der Waals surface area contributed by atoms with Gasteiger partial charge in [-0.05, 0) is 6.42 Å². The number of nitrogens with zero attached hydrogens (tertiary/aromatic N) is 2. The minimum Gasteiger partial charge on any atom is -0.380 e. The Morgan fingerprint density at radius 3 is 3.23 bits per heavy atom. The van der Waals surface area contributed by atoms with Gasteiger partial charge in [-0.3, -0.25) is 4.90 Å². The molecule has 1 fully saturated rings. The molecule has 1 aliphatic heterocycles. The second-order valence-corrected chi connectivity index (χ2v) is 3.23. The summed E-state index contributed by atoms with van der Waals surface area (Å²) in [5, 5.41) is 3.88. The minimum atomic E-state index is 0.831. The first-order valence-corrected chi connectivity index (χ1v) is 4.64. The SMILES string of the molecule is c1cc(CN2CCCOCC2)no1. The van der Waals surface area contributed by atoms with Gasteiger partial charge in [-0.15, -0.1) is 0 Å². The van der Waals surface area contributed by atoms with Crippen LogP contribution in [0, 0.1) is 0 Å². The van der Waals surface area contributed by atoms with Gasteiger partial charge in [0, 0.05) is 32.3 Å². The summed E-state index contributed by atoms with van der Waals surface area (Å²) >= 11 is 0. The Morgan fingerprint density at radius 1 is 1.38 bits per heavy atom. The Morgan fingerprint density at radius 2 is 2.38 bits per heavy atom. The van der Waals surface area contributed by atoms with Crippen LogP contribution in [0.4, 0.5) is 0 Å². The Labute approximate surface area is 77.5 Å². The van der Waals surface area contributed by atoms with E-state index in [2.05, 4.69) is 10.1 Å². The van der Waals surface area contributed by atoms with Crippen LogP contribution in [0.15, 0.2) is 16.9 Å². The maximum Gasteiger partial charge on any atom is 0.124 e. The van der Waals surface area contributed by atoms with E-state index in [1.807, 2.05) is 6.07 Å². The number of ether oxygens (including phenoxy) is 1. The standard InChI is InChI=1S/C9H14N2O2/c1-3-11(4-7-12-5-1)8-9-2-6-13-10-9/h2,6H,1,3-5,7-8H2. The molecule has 0 bridgehead atoms. The van der Waals surface area contributed by atoms with Crippen LogP contribution in [-0.4, -0.2) is 36.4 Å². The molecule has 0 saturated carbocycles. The predicted molar refractivity (Wildman–Crippen MR) is 47.2 cm³/mol.